The third-order valence-corrected chi connectivity index (χ3v) is 9.25. The second kappa shape index (κ2) is 7.80. The van der Waals surface area contributed by atoms with Gasteiger partial charge in [-0.15, -0.1) is 0 Å². The van der Waals surface area contributed by atoms with Crippen LogP contribution >= 0.6 is 0 Å². The Bertz CT molecular complexity index is 631. The van der Waals surface area contributed by atoms with Gasteiger partial charge in [-0.25, -0.2) is 5.48 Å². The van der Waals surface area contributed by atoms with E-state index in [4.69, 9.17) is 10.6 Å². The molecule has 4 aliphatic rings. The average Bonchev–Trinajstić information content (AvgIpc) is 2.98. The predicted octanol–water partition coefficient (Wildman–Crippen LogP) is 2.42. The highest BCUT2D eigenvalue weighted by Gasteiger charge is 2.61. The highest BCUT2D eigenvalue weighted by Crippen LogP contribution is 2.66. The number of aliphatic hydroxyl groups excluding tert-OH is 2. The topological polar surface area (TPSA) is 87.7 Å². The van der Waals surface area contributed by atoms with Crippen molar-refractivity contribution in [2.75, 3.05) is 13.2 Å². The number of rotatable bonds is 3. The molecular weight excluding hydrogens is 352 g/mol. The summed E-state index contributed by atoms with van der Waals surface area (Å²) in [5, 5.41) is 21.8. The number of hydrogen-bond donors (Lipinski definition) is 4. The molecule has 0 heterocycles. The van der Waals surface area contributed by atoms with Crippen molar-refractivity contribution >= 4 is 0 Å². The van der Waals surface area contributed by atoms with Crippen LogP contribution in [-0.2, 0) is 4.84 Å². The van der Waals surface area contributed by atoms with E-state index < -0.39 is 0 Å². The zero-order valence-electron chi connectivity index (χ0n) is 17.5. The summed E-state index contributed by atoms with van der Waals surface area (Å²) in [6.45, 7) is 5.68. The van der Waals surface area contributed by atoms with Gasteiger partial charge < -0.3 is 15.9 Å². The lowest BCUT2D eigenvalue weighted by Gasteiger charge is -2.61. The number of hydrogen-bond acceptors (Lipinski definition) is 5. The van der Waals surface area contributed by atoms with Crippen LogP contribution in [0.4, 0.5) is 0 Å². The Morgan fingerprint density at radius 3 is 2.54 bits per heavy atom. The fraction of sp³-hybridized carbons (Fsp3) is 0.913. The zero-order chi connectivity index (χ0) is 19.9. The van der Waals surface area contributed by atoms with Gasteiger partial charge in [-0.3, -0.25) is 4.84 Å². The molecule has 0 amide bonds. The summed E-state index contributed by atoms with van der Waals surface area (Å²) in [5.74, 6) is 5.79. The van der Waals surface area contributed by atoms with Crippen molar-refractivity contribution in [2.24, 2.45) is 46.2 Å². The van der Waals surface area contributed by atoms with E-state index in [1.54, 1.807) is 0 Å². The van der Waals surface area contributed by atoms with Crippen molar-refractivity contribution in [1.82, 2.24) is 5.48 Å². The first kappa shape index (κ1) is 20.5. The van der Waals surface area contributed by atoms with Crippen LogP contribution in [0.3, 0.4) is 0 Å². The molecule has 5 N–H and O–H groups in total. The van der Waals surface area contributed by atoms with Crippen LogP contribution in [0.1, 0.15) is 65.2 Å². The largest absolute Gasteiger partial charge is 0.393 e. The molecular formula is C23H38N2O3. The van der Waals surface area contributed by atoms with Crippen LogP contribution in [0.5, 0.6) is 0 Å². The van der Waals surface area contributed by atoms with E-state index in [0.717, 1.165) is 44.9 Å². The highest BCUT2D eigenvalue weighted by molar-refractivity contribution is 5.13. The number of fused-ring (bicyclic) bond motifs is 5. The summed E-state index contributed by atoms with van der Waals surface area (Å²) in [6, 6.07) is 2.92. The van der Waals surface area contributed by atoms with Crippen molar-refractivity contribution < 1.29 is 15.1 Å². The number of nitrogens with two attached hydrogens (primary N) is 1. The summed E-state index contributed by atoms with van der Waals surface area (Å²) in [6.07, 6.45) is 8.17. The molecule has 0 bridgehead atoms. The first-order chi connectivity index (χ1) is 13.4. The molecule has 0 radical (unpaired) electrons. The van der Waals surface area contributed by atoms with Crippen molar-refractivity contribution in [3.8, 4) is 12.0 Å². The molecule has 4 aliphatic carbocycles. The molecule has 0 aliphatic heterocycles. The van der Waals surface area contributed by atoms with E-state index in [0.29, 0.717) is 42.7 Å². The minimum atomic E-state index is -0.239. The number of hydroxylamine groups is 1. The van der Waals surface area contributed by atoms with Gasteiger partial charge >= 0.3 is 0 Å². The average molecular weight is 391 g/mol. The Kier molecular flexibility index (Phi) is 5.70. The van der Waals surface area contributed by atoms with Gasteiger partial charge in [-0.05, 0) is 85.9 Å². The third kappa shape index (κ3) is 3.27. The summed E-state index contributed by atoms with van der Waals surface area (Å²) < 4.78 is 0. The Hall–Kier alpha value is -0.800. The molecule has 0 aromatic rings. The molecule has 4 saturated carbocycles. The van der Waals surface area contributed by atoms with Gasteiger partial charge in [0.1, 0.15) is 0 Å². The van der Waals surface area contributed by atoms with Gasteiger partial charge in [-0.1, -0.05) is 19.8 Å². The minimum Gasteiger partial charge on any atom is -0.393 e. The van der Waals surface area contributed by atoms with Gasteiger partial charge in [-0.2, -0.15) is 0 Å². The van der Waals surface area contributed by atoms with Gasteiger partial charge in [0.15, 0.2) is 0 Å². The quantitative estimate of drug-likeness (QED) is 0.257. The first-order valence-corrected chi connectivity index (χ1v) is 11.3. The molecule has 0 aromatic heterocycles. The van der Waals surface area contributed by atoms with Crippen LogP contribution in [0.25, 0.3) is 0 Å². The maximum Gasteiger partial charge on any atom is 0.0876 e. The van der Waals surface area contributed by atoms with Crippen molar-refractivity contribution in [3.05, 3.63) is 0 Å². The van der Waals surface area contributed by atoms with Gasteiger partial charge in [0.2, 0.25) is 0 Å². The molecule has 0 saturated heterocycles. The molecule has 4 rings (SSSR count). The van der Waals surface area contributed by atoms with E-state index in [1.807, 2.05) is 0 Å². The van der Waals surface area contributed by atoms with Crippen LogP contribution in [0, 0.1) is 52.4 Å². The Labute approximate surface area is 169 Å². The van der Waals surface area contributed by atoms with Crippen molar-refractivity contribution in [3.63, 3.8) is 0 Å². The SMILES string of the molecule is C[C@]12CCC3C(C[C@H](O)[C@H]4C[C@@H](C#CNOCCN)CC[C@]34C)C1CC[C@@H]2O. The first-order valence-electron chi connectivity index (χ1n) is 11.3. The van der Waals surface area contributed by atoms with E-state index in [-0.39, 0.29) is 23.0 Å². The summed E-state index contributed by atoms with van der Waals surface area (Å²) in [7, 11) is 0. The smallest absolute Gasteiger partial charge is 0.0876 e. The zero-order valence-corrected chi connectivity index (χ0v) is 17.5. The van der Waals surface area contributed by atoms with E-state index in [1.165, 1.54) is 6.42 Å². The molecule has 5 heteroatoms. The van der Waals surface area contributed by atoms with E-state index in [9.17, 15) is 10.2 Å². The Morgan fingerprint density at radius 1 is 1.00 bits per heavy atom. The fourth-order valence-electron chi connectivity index (χ4n) is 7.68. The molecule has 5 nitrogen and oxygen atoms in total. The predicted molar refractivity (Wildman–Crippen MR) is 109 cm³/mol. The Morgan fingerprint density at radius 2 is 1.75 bits per heavy atom. The molecule has 0 aromatic carbocycles. The minimum absolute atomic E-state index is 0.0714. The van der Waals surface area contributed by atoms with E-state index >= 15 is 0 Å². The molecule has 4 fully saturated rings. The van der Waals surface area contributed by atoms with Crippen molar-refractivity contribution in [1.29, 1.82) is 0 Å². The maximum absolute atomic E-state index is 11.2. The van der Waals surface area contributed by atoms with Crippen LogP contribution in [-0.4, -0.2) is 35.6 Å². The van der Waals surface area contributed by atoms with Gasteiger partial charge in [0.25, 0.3) is 0 Å². The summed E-state index contributed by atoms with van der Waals surface area (Å²) in [5.41, 5.74) is 8.36. The standard InChI is InChI=1S/C23H38N2O3/c1-22-8-5-15(7-11-25-28-12-10-24)13-19(22)20(26)14-16-17-3-4-21(27)23(17,2)9-6-18(16)22/h15-21,25-27H,3-6,8-10,12-14,24H2,1-2H3/t15-,16?,17?,18?,19-,20+,21+,22-,23+/m1/s1. The lowest BCUT2D eigenvalue weighted by Crippen LogP contribution is -2.58. The lowest BCUT2D eigenvalue weighted by atomic mass is 9.44. The molecule has 0 spiro atoms. The third-order valence-electron chi connectivity index (χ3n) is 9.25. The highest BCUT2D eigenvalue weighted by atomic mass is 16.6. The number of nitrogens with one attached hydrogen (secondary N) is 1. The van der Waals surface area contributed by atoms with Gasteiger partial charge in [0, 0.05) is 18.5 Å². The Balaban J connectivity index is 1.47. The lowest BCUT2D eigenvalue weighted by molar-refractivity contribution is -0.165. The van der Waals surface area contributed by atoms with Gasteiger partial charge in [0.05, 0.1) is 18.8 Å². The molecule has 158 valence electrons. The fourth-order valence-corrected chi connectivity index (χ4v) is 7.68. The summed E-state index contributed by atoms with van der Waals surface area (Å²) >= 11 is 0. The second-order valence-corrected chi connectivity index (χ2v) is 10.4. The molecule has 9 atom stereocenters. The molecule has 28 heavy (non-hydrogen) atoms. The van der Waals surface area contributed by atoms with E-state index in [2.05, 4.69) is 31.3 Å². The van der Waals surface area contributed by atoms with Crippen LogP contribution in [0.2, 0.25) is 0 Å². The number of aliphatic hydroxyl groups is 2. The van der Waals surface area contributed by atoms with Crippen molar-refractivity contribution in [2.45, 2.75) is 77.4 Å². The second-order valence-electron chi connectivity index (χ2n) is 10.4. The summed E-state index contributed by atoms with van der Waals surface area (Å²) in [4.78, 5) is 5.13. The van der Waals surface area contributed by atoms with Crippen LogP contribution < -0.4 is 11.2 Å². The molecule has 3 unspecified atom stereocenters. The normalized spacial score (nSPS) is 50.0. The maximum atomic E-state index is 11.2. The van der Waals surface area contributed by atoms with Crippen LogP contribution in [0.15, 0.2) is 0 Å². The monoisotopic (exact) mass is 390 g/mol.